The zero-order valence-corrected chi connectivity index (χ0v) is 13.1. The van der Waals surface area contributed by atoms with Gasteiger partial charge in [0.05, 0.1) is 0 Å². The van der Waals surface area contributed by atoms with Crippen molar-refractivity contribution in [3.05, 3.63) is 17.5 Å². The van der Waals surface area contributed by atoms with Crippen molar-refractivity contribution in [2.75, 3.05) is 13.1 Å². The second-order valence-electron chi connectivity index (χ2n) is 6.68. The second kappa shape index (κ2) is 5.79. The van der Waals surface area contributed by atoms with Crippen LogP contribution in [0.3, 0.4) is 0 Å². The summed E-state index contributed by atoms with van der Waals surface area (Å²) < 4.78 is 5.27. The van der Waals surface area contributed by atoms with E-state index in [-0.39, 0.29) is 11.9 Å². The zero-order chi connectivity index (χ0) is 15.0. The predicted octanol–water partition coefficient (Wildman–Crippen LogP) is 2.40. The molecule has 1 aromatic heterocycles. The highest BCUT2D eigenvalue weighted by Gasteiger charge is 2.35. The first kappa shape index (κ1) is 14.6. The smallest absolute Gasteiger partial charge is 0.273 e. The third-order valence-electron chi connectivity index (χ3n) is 4.78. The van der Waals surface area contributed by atoms with Crippen LogP contribution in [0.25, 0.3) is 0 Å². The van der Waals surface area contributed by atoms with Gasteiger partial charge in [0.15, 0.2) is 5.69 Å². The van der Waals surface area contributed by atoms with E-state index in [0.29, 0.717) is 23.6 Å². The van der Waals surface area contributed by atoms with Crippen molar-refractivity contribution in [1.29, 1.82) is 0 Å². The van der Waals surface area contributed by atoms with Crippen molar-refractivity contribution in [2.45, 2.75) is 58.0 Å². The lowest BCUT2D eigenvalue weighted by atomic mass is 10.0. The van der Waals surface area contributed by atoms with Gasteiger partial charge in [0.2, 0.25) is 0 Å². The van der Waals surface area contributed by atoms with Crippen LogP contribution in [-0.2, 0) is 0 Å². The van der Waals surface area contributed by atoms with Crippen LogP contribution in [0.2, 0.25) is 0 Å². The monoisotopic (exact) mass is 291 g/mol. The molecule has 2 heterocycles. The Morgan fingerprint density at radius 1 is 1.48 bits per heavy atom. The standard InChI is InChI=1S/C16H25N3O2/c1-4-11-8-19(10(2)3)9-14(11)17-16(20)13-7-15(21-18-13)12-5-6-12/h7,10-12,14H,4-6,8-9H2,1-3H3,(H,17,20)/t11-,14-/m0/s1. The molecule has 3 rings (SSSR count). The summed E-state index contributed by atoms with van der Waals surface area (Å²) >= 11 is 0. The Morgan fingerprint density at radius 3 is 2.86 bits per heavy atom. The minimum absolute atomic E-state index is 0.0975. The van der Waals surface area contributed by atoms with Crippen molar-refractivity contribution < 1.29 is 9.32 Å². The van der Waals surface area contributed by atoms with Crippen LogP contribution in [-0.4, -0.2) is 41.1 Å². The van der Waals surface area contributed by atoms with Crippen LogP contribution in [0.1, 0.15) is 62.2 Å². The summed E-state index contributed by atoms with van der Waals surface area (Å²) in [6.45, 7) is 8.59. The van der Waals surface area contributed by atoms with E-state index in [0.717, 1.165) is 38.1 Å². The Kier molecular flexibility index (Phi) is 4.02. The number of hydrogen-bond acceptors (Lipinski definition) is 4. The molecule has 21 heavy (non-hydrogen) atoms. The van der Waals surface area contributed by atoms with Gasteiger partial charge in [-0.2, -0.15) is 0 Å². The van der Waals surface area contributed by atoms with Crippen molar-refractivity contribution >= 4 is 5.91 Å². The minimum Gasteiger partial charge on any atom is -0.360 e. The average molecular weight is 291 g/mol. The van der Waals surface area contributed by atoms with E-state index < -0.39 is 0 Å². The summed E-state index contributed by atoms with van der Waals surface area (Å²) in [5.74, 6) is 1.78. The van der Waals surface area contributed by atoms with Gasteiger partial charge in [-0.1, -0.05) is 18.5 Å². The van der Waals surface area contributed by atoms with Gasteiger partial charge in [-0.15, -0.1) is 0 Å². The molecule has 1 aliphatic heterocycles. The Labute approximate surface area is 126 Å². The van der Waals surface area contributed by atoms with Gasteiger partial charge in [-0.25, -0.2) is 0 Å². The van der Waals surface area contributed by atoms with Gasteiger partial charge >= 0.3 is 0 Å². The van der Waals surface area contributed by atoms with E-state index in [9.17, 15) is 4.79 Å². The van der Waals surface area contributed by atoms with Gasteiger partial charge in [-0.3, -0.25) is 9.69 Å². The third-order valence-corrected chi connectivity index (χ3v) is 4.78. The highest BCUT2D eigenvalue weighted by atomic mass is 16.5. The fourth-order valence-electron chi connectivity index (χ4n) is 3.10. The minimum atomic E-state index is -0.0975. The lowest BCUT2D eigenvalue weighted by Crippen LogP contribution is -2.41. The molecule has 1 N–H and O–H groups in total. The fraction of sp³-hybridized carbons (Fsp3) is 0.750. The zero-order valence-electron chi connectivity index (χ0n) is 13.1. The average Bonchev–Trinajstić information content (AvgIpc) is 3.03. The van der Waals surface area contributed by atoms with E-state index in [1.54, 1.807) is 0 Å². The Bertz CT molecular complexity index is 507. The van der Waals surface area contributed by atoms with E-state index in [1.807, 2.05) is 6.07 Å². The molecule has 0 unspecified atom stereocenters. The molecule has 0 spiro atoms. The van der Waals surface area contributed by atoms with Gasteiger partial charge in [0.1, 0.15) is 5.76 Å². The first-order valence-electron chi connectivity index (χ1n) is 8.10. The molecule has 1 saturated heterocycles. The summed E-state index contributed by atoms with van der Waals surface area (Å²) in [7, 11) is 0. The molecule has 2 atom stereocenters. The fourth-order valence-corrected chi connectivity index (χ4v) is 3.10. The highest BCUT2D eigenvalue weighted by Crippen LogP contribution is 2.40. The molecule has 1 saturated carbocycles. The molecule has 2 aliphatic rings. The predicted molar refractivity (Wildman–Crippen MR) is 80.2 cm³/mol. The molecule has 5 nitrogen and oxygen atoms in total. The van der Waals surface area contributed by atoms with Crippen LogP contribution >= 0.6 is 0 Å². The second-order valence-corrected chi connectivity index (χ2v) is 6.68. The van der Waals surface area contributed by atoms with Gasteiger partial charge in [0.25, 0.3) is 5.91 Å². The number of nitrogens with zero attached hydrogens (tertiary/aromatic N) is 2. The number of carbonyl (C=O) groups is 1. The molecular weight excluding hydrogens is 266 g/mol. The maximum absolute atomic E-state index is 12.3. The van der Waals surface area contributed by atoms with Crippen LogP contribution in [0.15, 0.2) is 10.6 Å². The normalized spacial score (nSPS) is 26.5. The highest BCUT2D eigenvalue weighted by molar-refractivity contribution is 5.92. The van der Waals surface area contributed by atoms with Crippen LogP contribution in [0.5, 0.6) is 0 Å². The summed E-state index contributed by atoms with van der Waals surface area (Å²) in [5, 5.41) is 7.07. The molecule has 1 aromatic rings. The van der Waals surface area contributed by atoms with E-state index in [4.69, 9.17) is 4.52 Å². The van der Waals surface area contributed by atoms with Crippen LogP contribution in [0.4, 0.5) is 0 Å². The van der Waals surface area contributed by atoms with Gasteiger partial charge in [-0.05, 0) is 32.6 Å². The molecule has 0 bridgehead atoms. The molecule has 0 aromatic carbocycles. The lowest BCUT2D eigenvalue weighted by Gasteiger charge is -2.20. The largest absolute Gasteiger partial charge is 0.360 e. The van der Waals surface area contributed by atoms with E-state index in [2.05, 4.69) is 36.1 Å². The van der Waals surface area contributed by atoms with Gasteiger partial charge in [0, 0.05) is 37.2 Å². The Morgan fingerprint density at radius 2 is 2.24 bits per heavy atom. The molecule has 1 aliphatic carbocycles. The number of aromatic nitrogens is 1. The topological polar surface area (TPSA) is 58.4 Å². The van der Waals surface area contributed by atoms with Crippen molar-refractivity contribution in [2.24, 2.45) is 5.92 Å². The molecule has 1 amide bonds. The number of rotatable bonds is 5. The Balaban J connectivity index is 1.62. The van der Waals surface area contributed by atoms with Gasteiger partial charge < -0.3 is 9.84 Å². The first-order valence-corrected chi connectivity index (χ1v) is 8.10. The number of carbonyl (C=O) groups excluding carboxylic acids is 1. The quantitative estimate of drug-likeness (QED) is 0.905. The Hall–Kier alpha value is -1.36. The number of likely N-dealkylation sites (tertiary alicyclic amines) is 1. The molecule has 2 fully saturated rings. The maximum atomic E-state index is 12.3. The van der Waals surface area contributed by atoms with E-state index >= 15 is 0 Å². The molecule has 5 heteroatoms. The number of hydrogen-bond donors (Lipinski definition) is 1. The SMILES string of the molecule is CC[C@H]1CN(C(C)C)C[C@@H]1NC(=O)c1cc(C2CC2)on1. The summed E-state index contributed by atoms with van der Waals surface area (Å²) in [4.78, 5) is 14.8. The first-order chi connectivity index (χ1) is 10.1. The van der Waals surface area contributed by atoms with Crippen molar-refractivity contribution in [1.82, 2.24) is 15.4 Å². The maximum Gasteiger partial charge on any atom is 0.273 e. The third kappa shape index (κ3) is 3.12. The number of amides is 1. The molecular formula is C16H25N3O2. The lowest BCUT2D eigenvalue weighted by molar-refractivity contribution is 0.0920. The van der Waals surface area contributed by atoms with E-state index in [1.165, 1.54) is 0 Å². The summed E-state index contributed by atoms with van der Waals surface area (Å²) in [6, 6.07) is 2.55. The number of nitrogens with one attached hydrogen (secondary N) is 1. The molecule has 0 radical (unpaired) electrons. The van der Waals surface area contributed by atoms with Crippen molar-refractivity contribution in [3.8, 4) is 0 Å². The summed E-state index contributed by atoms with van der Waals surface area (Å²) in [6.07, 6.45) is 3.39. The van der Waals surface area contributed by atoms with Crippen molar-refractivity contribution in [3.63, 3.8) is 0 Å². The van der Waals surface area contributed by atoms with Crippen LogP contribution < -0.4 is 5.32 Å². The molecule has 116 valence electrons. The van der Waals surface area contributed by atoms with Crippen LogP contribution in [0, 0.1) is 5.92 Å². The summed E-state index contributed by atoms with van der Waals surface area (Å²) in [5.41, 5.74) is 0.426.